The van der Waals surface area contributed by atoms with E-state index in [0.717, 1.165) is 0 Å². The van der Waals surface area contributed by atoms with Crippen molar-refractivity contribution < 1.29 is 27.4 Å². The van der Waals surface area contributed by atoms with Gasteiger partial charge < -0.3 is 14.2 Å². The van der Waals surface area contributed by atoms with Gasteiger partial charge in [-0.05, 0) is 43.3 Å². The van der Waals surface area contributed by atoms with Crippen molar-refractivity contribution in [2.24, 2.45) is 0 Å². The van der Waals surface area contributed by atoms with Crippen molar-refractivity contribution in [1.82, 2.24) is 4.72 Å². The van der Waals surface area contributed by atoms with Crippen molar-refractivity contribution in [3.63, 3.8) is 0 Å². The lowest BCUT2D eigenvalue weighted by molar-refractivity contribution is -0.145. The molecule has 0 aliphatic heterocycles. The zero-order valence-corrected chi connectivity index (χ0v) is 15.4. The summed E-state index contributed by atoms with van der Waals surface area (Å²) in [4.78, 5) is 12.0. The maximum atomic E-state index is 12.3. The molecule has 0 radical (unpaired) electrons. The Hall–Kier alpha value is -2.58. The molecule has 2 rings (SSSR count). The minimum absolute atomic E-state index is 0.0162. The Bertz CT molecular complexity index is 805. The number of hydrogen-bond donors (Lipinski definition) is 1. The van der Waals surface area contributed by atoms with Crippen LogP contribution in [0.5, 0.6) is 11.5 Å². The number of carbonyl (C=O) groups is 1. The van der Waals surface area contributed by atoms with Crippen LogP contribution in [-0.2, 0) is 19.6 Å². The van der Waals surface area contributed by atoms with Gasteiger partial charge in [0.1, 0.15) is 30.8 Å². The SMILES string of the molecule is COc1ccc(S(=O)(=O)N[C@@H](C)C(=O)OCCOc2ccccc2)cc1. The molecule has 1 atom stereocenters. The van der Waals surface area contributed by atoms with Gasteiger partial charge in [0.2, 0.25) is 10.0 Å². The molecule has 140 valence electrons. The molecule has 0 bridgehead atoms. The summed E-state index contributed by atoms with van der Waals surface area (Å²) in [5.74, 6) is 0.519. The normalized spacial score (nSPS) is 12.2. The summed E-state index contributed by atoms with van der Waals surface area (Å²) in [7, 11) is -2.35. The number of sulfonamides is 1. The third-order valence-electron chi connectivity index (χ3n) is 3.39. The van der Waals surface area contributed by atoms with Crippen LogP contribution in [0, 0.1) is 0 Å². The topological polar surface area (TPSA) is 90.9 Å². The van der Waals surface area contributed by atoms with Crippen LogP contribution < -0.4 is 14.2 Å². The summed E-state index contributed by atoms with van der Waals surface area (Å²) in [6, 6.07) is 13.9. The molecule has 0 amide bonds. The number of benzene rings is 2. The van der Waals surface area contributed by atoms with E-state index in [1.165, 1.54) is 38.3 Å². The molecule has 0 aliphatic carbocycles. The van der Waals surface area contributed by atoms with Crippen LogP contribution in [0.3, 0.4) is 0 Å². The van der Waals surface area contributed by atoms with Crippen LogP contribution in [-0.4, -0.2) is 40.8 Å². The zero-order valence-electron chi connectivity index (χ0n) is 14.5. The maximum absolute atomic E-state index is 12.3. The van der Waals surface area contributed by atoms with Gasteiger partial charge in [-0.1, -0.05) is 18.2 Å². The molecule has 2 aromatic rings. The Morgan fingerprint density at radius 1 is 1.00 bits per heavy atom. The highest BCUT2D eigenvalue weighted by atomic mass is 32.2. The van der Waals surface area contributed by atoms with Crippen molar-refractivity contribution in [3.05, 3.63) is 54.6 Å². The first-order valence-corrected chi connectivity index (χ1v) is 9.41. The molecular formula is C18H21NO6S. The summed E-state index contributed by atoms with van der Waals surface area (Å²) in [5, 5.41) is 0. The van der Waals surface area contributed by atoms with Gasteiger partial charge in [0.05, 0.1) is 12.0 Å². The van der Waals surface area contributed by atoms with E-state index in [-0.39, 0.29) is 18.1 Å². The Morgan fingerprint density at radius 3 is 2.27 bits per heavy atom. The zero-order chi connectivity index (χ0) is 19.0. The Balaban J connectivity index is 1.81. The minimum Gasteiger partial charge on any atom is -0.497 e. The van der Waals surface area contributed by atoms with Gasteiger partial charge in [-0.25, -0.2) is 8.42 Å². The summed E-state index contributed by atoms with van der Waals surface area (Å²) in [5.41, 5.74) is 0. The van der Waals surface area contributed by atoms with Gasteiger partial charge in [0, 0.05) is 0 Å². The fourth-order valence-corrected chi connectivity index (χ4v) is 3.24. The molecule has 2 aromatic carbocycles. The standard InChI is InChI=1S/C18H21NO6S/c1-14(18(20)25-13-12-24-16-6-4-3-5-7-16)19-26(21,22)17-10-8-15(23-2)9-11-17/h3-11,14,19H,12-13H2,1-2H3/t14-/m0/s1. The smallest absolute Gasteiger partial charge is 0.324 e. The second-order valence-corrected chi connectivity index (χ2v) is 7.06. The Labute approximate surface area is 152 Å². The predicted octanol–water partition coefficient (Wildman–Crippen LogP) is 1.98. The fraction of sp³-hybridized carbons (Fsp3) is 0.278. The molecule has 0 aromatic heterocycles. The summed E-state index contributed by atoms with van der Waals surface area (Å²) in [6.45, 7) is 1.61. The van der Waals surface area contributed by atoms with Crippen molar-refractivity contribution >= 4 is 16.0 Å². The van der Waals surface area contributed by atoms with Crippen molar-refractivity contribution in [2.75, 3.05) is 20.3 Å². The summed E-state index contributed by atoms with van der Waals surface area (Å²) < 4.78 is 42.3. The number of methoxy groups -OCH3 is 1. The molecule has 0 fully saturated rings. The molecule has 0 aliphatic rings. The quantitative estimate of drug-likeness (QED) is 0.529. The van der Waals surface area contributed by atoms with Gasteiger partial charge in [0.25, 0.3) is 0 Å². The summed E-state index contributed by atoms with van der Waals surface area (Å²) in [6.07, 6.45) is 0. The highest BCUT2D eigenvalue weighted by Gasteiger charge is 2.23. The van der Waals surface area contributed by atoms with Crippen LogP contribution in [0.15, 0.2) is 59.5 Å². The average molecular weight is 379 g/mol. The van der Waals surface area contributed by atoms with E-state index in [2.05, 4.69) is 4.72 Å². The predicted molar refractivity (Wildman–Crippen MR) is 95.7 cm³/mol. The lowest BCUT2D eigenvalue weighted by Gasteiger charge is -2.14. The van der Waals surface area contributed by atoms with E-state index in [9.17, 15) is 13.2 Å². The largest absolute Gasteiger partial charge is 0.497 e. The molecule has 0 saturated carbocycles. The van der Waals surface area contributed by atoms with Gasteiger partial charge in [0.15, 0.2) is 0 Å². The van der Waals surface area contributed by atoms with E-state index >= 15 is 0 Å². The molecule has 1 N–H and O–H groups in total. The monoisotopic (exact) mass is 379 g/mol. The highest BCUT2D eigenvalue weighted by molar-refractivity contribution is 7.89. The van der Waals surface area contributed by atoms with Crippen LogP contribution in [0.25, 0.3) is 0 Å². The molecule has 0 heterocycles. The highest BCUT2D eigenvalue weighted by Crippen LogP contribution is 2.15. The van der Waals surface area contributed by atoms with Crippen molar-refractivity contribution in [1.29, 1.82) is 0 Å². The number of esters is 1. The van der Waals surface area contributed by atoms with E-state index in [1.807, 2.05) is 18.2 Å². The average Bonchev–Trinajstić information content (AvgIpc) is 2.65. The number of hydrogen-bond acceptors (Lipinski definition) is 6. The number of nitrogens with one attached hydrogen (secondary N) is 1. The van der Waals surface area contributed by atoms with E-state index < -0.39 is 22.0 Å². The van der Waals surface area contributed by atoms with Crippen LogP contribution in [0.1, 0.15) is 6.92 Å². The van der Waals surface area contributed by atoms with Crippen LogP contribution in [0.4, 0.5) is 0 Å². The minimum atomic E-state index is -3.84. The molecule has 0 spiro atoms. The lowest BCUT2D eigenvalue weighted by atomic mass is 10.3. The second kappa shape index (κ2) is 9.21. The summed E-state index contributed by atoms with van der Waals surface area (Å²) >= 11 is 0. The van der Waals surface area contributed by atoms with E-state index in [0.29, 0.717) is 11.5 Å². The van der Waals surface area contributed by atoms with Gasteiger partial charge in [-0.3, -0.25) is 4.79 Å². The fourth-order valence-electron chi connectivity index (χ4n) is 2.05. The molecule has 0 saturated heterocycles. The van der Waals surface area contributed by atoms with Crippen molar-refractivity contribution in [2.45, 2.75) is 17.9 Å². The van der Waals surface area contributed by atoms with Crippen LogP contribution in [0.2, 0.25) is 0 Å². The number of para-hydroxylation sites is 1. The van der Waals surface area contributed by atoms with Gasteiger partial charge >= 0.3 is 5.97 Å². The molecule has 7 nitrogen and oxygen atoms in total. The first-order chi connectivity index (χ1) is 12.4. The van der Waals surface area contributed by atoms with E-state index in [1.54, 1.807) is 12.1 Å². The van der Waals surface area contributed by atoms with Crippen molar-refractivity contribution in [3.8, 4) is 11.5 Å². The number of ether oxygens (including phenoxy) is 3. The molecule has 26 heavy (non-hydrogen) atoms. The molecule has 0 unspecified atom stereocenters. The third-order valence-corrected chi connectivity index (χ3v) is 4.95. The third kappa shape index (κ3) is 5.75. The number of rotatable bonds is 9. The number of carbonyl (C=O) groups excluding carboxylic acids is 1. The van der Waals surface area contributed by atoms with Crippen LogP contribution >= 0.6 is 0 Å². The second-order valence-electron chi connectivity index (χ2n) is 5.35. The molecule has 8 heteroatoms. The van der Waals surface area contributed by atoms with Gasteiger partial charge in [-0.2, -0.15) is 4.72 Å². The Morgan fingerprint density at radius 2 is 1.65 bits per heavy atom. The lowest BCUT2D eigenvalue weighted by Crippen LogP contribution is -2.39. The van der Waals surface area contributed by atoms with E-state index in [4.69, 9.17) is 14.2 Å². The first kappa shape index (κ1) is 19.7. The first-order valence-electron chi connectivity index (χ1n) is 7.93. The van der Waals surface area contributed by atoms with Gasteiger partial charge in [-0.15, -0.1) is 0 Å². The molecular weight excluding hydrogens is 358 g/mol. The Kier molecular flexibility index (Phi) is 6.99. The maximum Gasteiger partial charge on any atom is 0.324 e.